The zero-order valence-corrected chi connectivity index (χ0v) is 30.0. The number of aromatic nitrogens is 2. The van der Waals surface area contributed by atoms with Gasteiger partial charge in [-0.25, -0.2) is 9.78 Å². The van der Waals surface area contributed by atoms with Crippen LogP contribution in [0, 0.1) is 0 Å². The van der Waals surface area contributed by atoms with E-state index in [4.69, 9.17) is 4.74 Å². The highest BCUT2D eigenvalue weighted by atomic mass is 32.1. The summed E-state index contributed by atoms with van der Waals surface area (Å²) in [6.45, 7) is 13.1. The Labute approximate surface area is 292 Å². The molecule has 3 N–H and O–H groups in total. The van der Waals surface area contributed by atoms with Crippen LogP contribution in [0.25, 0.3) is 22.4 Å². The summed E-state index contributed by atoms with van der Waals surface area (Å²) in [7, 11) is 0. The number of ether oxygens (including phenoxy) is 1. The molecule has 0 radical (unpaired) electrons. The van der Waals surface area contributed by atoms with E-state index in [0.717, 1.165) is 40.8 Å². The van der Waals surface area contributed by atoms with Gasteiger partial charge in [0.05, 0.1) is 23.9 Å². The maximum absolute atomic E-state index is 13.0. The fourth-order valence-corrected chi connectivity index (χ4v) is 5.94. The Morgan fingerprint density at radius 2 is 1.61 bits per heavy atom. The fourth-order valence-electron chi connectivity index (χ4n) is 5.21. The predicted molar refractivity (Wildman–Crippen MR) is 194 cm³/mol. The van der Waals surface area contributed by atoms with Crippen molar-refractivity contribution in [2.24, 2.45) is 0 Å². The lowest BCUT2D eigenvalue weighted by atomic mass is 9.84. The van der Waals surface area contributed by atoms with E-state index >= 15 is 0 Å². The summed E-state index contributed by atoms with van der Waals surface area (Å²) >= 11 is 1.29. The van der Waals surface area contributed by atoms with Crippen LogP contribution in [0.5, 0.6) is 0 Å². The molecule has 2 heterocycles. The van der Waals surface area contributed by atoms with Crippen LogP contribution in [0.4, 0.5) is 9.93 Å². The Morgan fingerprint density at radius 1 is 0.898 bits per heavy atom. The van der Waals surface area contributed by atoms with Gasteiger partial charge >= 0.3 is 6.09 Å². The Kier molecular flexibility index (Phi) is 12.1. The van der Waals surface area contributed by atoms with E-state index in [1.54, 1.807) is 52.1 Å². The van der Waals surface area contributed by atoms with Gasteiger partial charge in [0.2, 0.25) is 5.91 Å². The lowest BCUT2D eigenvalue weighted by Crippen LogP contribution is -2.40. The zero-order valence-electron chi connectivity index (χ0n) is 29.2. The molecule has 4 aromatic rings. The molecule has 49 heavy (non-hydrogen) atoms. The third kappa shape index (κ3) is 10.5. The lowest BCUT2D eigenvalue weighted by Gasteiger charge is -2.27. The van der Waals surface area contributed by atoms with Gasteiger partial charge in [-0.15, -0.1) is 11.3 Å². The van der Waals surface area contributed by atoms with Gasteiger partial charge in [0, 0.05) is 34.7 Å². The second kappa shape index (κ2) is 16.0. The van der Waals surface area contributed by atoms with E-state index in [-0.39, 0.29) is 18.2 Å². The van der Waals surface area contributed by atoms with E-state index in [1.807, 2.05) is 61.7 Å². The van der Waals surface area contributed by atoms with Crippen LogP contribution < -0.4 is 16.0 Å². The van der Waals surface area contributed by atoms with Gasteiger partial charge in [0.1, 0.15) is 11.4 Å². The monoisotopic (exact) mass is 683 g/mol. The lowest BCUT2D eigenvalue weighted by molar-refractivity contribution is -0.118. The van der Waals surface area contributed by atoms with Gasteiger partial charge in [-0.2, -0.15) is 0 Å². The summed E-state index contributed by atoms with van der Waals surface area (Å²) in [6, 6.07) is 18.9. The van der Waals surface area contributed by atoms with Gasteiger partial charge < -0.3 is 20.7 Å². The number of alkyl carbamates (subject to hydrolysis) is 1. The molecule has 2 aromatic carbocycles. The van der Waals surface area contributed by atoms with Crippen molar-refractivity contribution in [3.05, 3.63) is 89.1 Å². The molecule has 2 aromatic heterocycles. The van der Waals surface area contributed by atoms with Crippen LogP contribution in [-0.2, 0) is 19.7 Å². The van der Waals surface area contributed by atoms with Crippen LogP contribution in [0.3, 0.4) is 0 Å². The van der Waals surface area contributed by atoms with Gasteiger partial charge in [0.15, 0.2) is 5.13 Å². The molecule has 1 unspecified atom stereocenters. The molecule has 0 saturated heterocycles. The first-order valence-electron chi connectivity index (χ1n) is 16.3. The minimum Gasteiger partial charge on any atom is -0.444 e. The van der Waals surface area contributed by atoms with Crippen LogP contribution in [0.2, 0.25) is 0 Å². The first-order valence-corrected chi connectivity index (χ1v) is 17.2. The Hall–Kier alpha value is -4.90. The molecule has 0 bridgehead atoms. The summed E-state index contributed by atoms with van der Waals surface area (Å²) in [5, 5.41) is 10.5. The number of rotatable bonds is 13. The number of amides is 3. The molecule has 3 amide bonds. The molecule has 0 fully saturated rings. The molecular weight excluding hydrogens is 639 g/mol. The van der Waals surface area contributed by atoms with Crippen molar-refractivity contribution in [2.45, 2.75) is 78.2 Å². The quantitative estimate of drug-likeness (QED) is 0.133. The van der Waals surface area contributed by atoms with Crippen LogP contribution in [0.1, 0.15) is 88.8 Å². The molecule has 258 valence electrons. The van der Waals surface area contributed by atoms with Crippen molar-refractivity contribution in [3.8, 4) is 22.4 Å². The molecule has 0 aliphatic carbocycles. The molecule has 0 spiro atoms. The Morgan fingerprint density at radius 3 is 2.33 bits per heavy atom. The van der Waals surface area contributed by atoms with Gasteiger partial charge in [-0.05, 0) is 81.1 Å². The second-order valence-electron chi connectivity index (χ2n) is 13.6. The highest BCUT2D eigenvalue weighted by Crippen LogP contribution is 2.31. The third-order valence-electron chi connectivity index (χ3n) is 7.84. The van der Waals surface area contributed by atoms with E-state index < -0.39 is 28.9 Å². The van der Waals surface area contributed by atoms with Crippen molar-refractivity contribution < 1.29 is 23.9 Å². The van der Waals surface area contributed by atoms with Crippen LogP contribution in [-0.4, -0.2) is 52.3 Å². The normalized spacial score (nSPS) is 12.1. The molecule has 0 saturated carbocycles. The minimum atomic E-state index is -0.602. The van der Waals surface area contributed by atoms with E-state index in [2.05, 4.69) is 32.8 Å². The molecule has 1 atom stereocenters. The van der Waals surface area contributed by atoms with E-state index in [0.29, 0.717) is 22.9 Å². The standard InChI is InChI=1S/C38H45N5O5S/c1-8-11-30(24(2)44)31-20-26(16-17-39-31)25-12-9-13-27(18-25)32-22-49-35(42-32)43-33(45)21-40-34(46)28-14-10-15-29(19-28)38(6,7)23-41-36(47)48-37(3,4)5/h9-10,12-20,22,30H,8,11,21,23H2,1-7H3,(H,40,46)(H,41,47)(H,42,43,45). The molecule has 11 heteroatoms. The maximum atomic E-state index is 13.0. The zero-order chi connectivity index (χ0) is 35.8. The number of nitrogens with zero attached hydrogens (tertiary/aromatic N) is 2. The van der Waals surface area contributed by atoms with E-state index in [1.165, 1.54) is 11.3 Å². The Bertz CT molecular complexity index is 1810. The van der Waals surface area contributed by atoms with Crippen molar-refractivity contribution >= 4 is 40.2 Å². The molecule has 4 rings (SSSR count). The maximum Gasteiger partial charge on any atom is 0.407 e. The second-order valence-corrected chi connectivity index (χ2v) is 14.4. The Balaban J connectivity index is 1.35. The van der Waals surface area contributed by atoms with Crippen molar-refractivity contribution in [3.63, 3.8) is 0 Å². The average molecular weight is 684 g/mol. The number of pyridine rings is 1. The van der Waals surface area contributed by atoms with Crippen molar-refractivity contribution in [1.82, 2.24) is 20.6 Å². The third-order valence-corrected chi connectivity index (χ3v) is 8.60. The highest BCUT2D eigenvalue weighted by molar-refractivity contribution is 7.14. The van der Waals surface area contributed by atoms with Crippen LogP contribution >= 0.6 is 11.3 Å². The smallest absolute Gasteiger partial charge is 0.407 e. The van der Waals surface area contributed by atoms with Gasteiger partial charge in [-0.1, -0.05) is 57.5 Å². The number of carbonyl (C=O) groups is 4. The number of hydrogen-bond acceptors (Lipinski definition) is 8. The first kappa shape index (κ1) is 36.9. The largest absolute Gasteiger partial charge is 0.444 e. The molecule has 0 aliphatic heterocycles. The predicted octanol–water partition coefficient (Wildman–Crippen LogP) is 7.52. The first-order chi connectivity index (χ1) is 23.1. The van der Waals surface area contributed by atoms with Gasteiger partial charge in [-0.3, -0.25) is 19.4 Å². The fraction of sp³-hybridized carbons (Fsp3) is 0.368. The van der Waals surface area contributed by atoms with Crippen molar-refractivity contribution in [2.75, 3.05) is 18.4 Å². The van der Waals surface area contributed by atoms with E-state index in [9.17, 15) is 19.2 Å². The number of benzene rings is 2. The summed E-state index contributed by atoms with van der Waals surface area (Å²) in [6.07, 6.45) is 2.88. The number of carbonyl (C=O) groups excluding carboxylic acids is 4. The SMILES string of the molecule is CCCC(C(C)=O)c1cc(-c2cccc(-c3csc(NC(=O)CNC(=O)c4cccc(C(C)(C)CNC(=O)OC(C)(C)C)c4)n3)c2)ccn1. The van der Waals surface area contributed by atoms with Gasteiger partial charge in [0.25, 0.3) is 5.91 Å². The minimum absolute atomic E-state index is 0.108. The molecular formula is C38H45N5O5S. The number of hydrogen-bond donors (Lipinski definition) is 3. The highest BCUT2D eigenvalue weighted by Gasteiger charge is 2.25. The number of nitrogens with one attached hydrogen (secondary N) is 3. The molecule has 0 aliphatic rings. The average Bonchev–Trinajstić information content (AvgIpc) is 3.53. The summed E-state index contributed by atoms with van der Waals surface area (Å²) in [5.74, 6) is -0.915. The number of thiazole rings is 1. The molecule has 10 nitrogen and oxygen atoms in total. The van der Waals surface area contributed by atoms with Crippen LogP contribution in [0.15, 0.2) is 72.2 Å². The summed E-state index contributed by atoms with van der Waals surface area (Å²) in [5.41, 5.74) is 4.43. The number of anilines is 1. The number of Topliss-reactive ketones (excluding diaryl/α,β-unsaturated/α-hetero) is 1. The van der Waals surface area contributed by atoms with Crippen molar-refractivity contribution in [1.29, 1.82) is 0 Å². The summed E-state index contributed by atoms with van der Waals surface area (Å²) < 4.78 is 5.33. The number of ketones is 1. The topological polar surface area (TPSA) is 139 Å². The summed E-state index contributed by atoms with van der Waals surface area (Å²) in [4.78, 5) is 59.2.